The number of H-pyrrole nitrogens is 1. The minimum absolute atomic E-state index is 0.178. The summed E-state index contributed by atoms with van der Waals surface area (Å²) in [7, 11) is -3.87. The number of benzene rings is 2. The van der Waals surface area contributed by atoms with Gasteiger partial charge in [-0.3, -0.25) is 10.2 Å². The number of carbonyl (C=O) groups is 1. The molecular weight excluding hydrogens is 338 g/mol. The molecule has 0 saturated heterocycles. The molecule has 7 heteroatoms. The zero-order valence-electron chi connectivity index (χ0n) is 14.2. The Hall–Kier alpha value is -2.64. The zero-order valence-corrected chi connectivity index (χ0v) is 15.0. The standard InChI is InChI=1S/C18H19N3O3S/c1-11-8-12(2)17(13(3)9-11)25(23,24)21-20-18(22)15-10-19-16-7-5-4-6-14(15)16/h4-10,19,21H,1-3H3,(H,20,22). The number of para-hydroxylation sites is 1. The van der Waals surface area contributed by atoms with Gasteiger partial charge in [-0.1, -0.05) is 35.9 Å². The van der Waals surface area contributed by atoms with Gasteiger partial charge in [0, 0.05) is 17.1 Å². The summed E-state index contributed by atoms with van der Waals surface area (Å²) in [4.78, 5) is 17.7. The number of rotatable bonds is 4. The molecule has 130 valence electrons. The predicted octanol–water partition coefficient (Wildman–Crippen LogP) is 2.72. The largest absolute Gasteiger partial charge is 0.360 e. The van der Waals surface area contributed by atoms with Crippen molar-refractivity contribution in [2.45, 2.75) is 25.7 Å². The van der Waals surface area contributed by atoms with Crippen molar-refractivity contribution in [3.05, 3.63) is 64.8 Å². The molecule has 2 aromatic carbocycles. The molecule has 1 amide bonds. The Balaban J connectivity index is 1.84. The summed E-state index contributed by atoms with van der Waals surface area (Å²) in [5, 5.41) is 0.724. The smallest absolute Gasteiger partial charge is 0.268 e. The van der Waals surface area contributed by atoms with Crippen LogP contribution >= 0.6 is 0 Å². The van der Waals surface area contributed by atoms with Gasteiger partial charge in [0.25, 0.3) is 15.9 Å². The second kappa shape index (κ2) is 6.34. The fraction of sp³-hybridized carbons (Fsp3) is 0.167. The molecule has 3 N–H and O–H groups in total. The SMILES string of the molecule is Cc1cc(C)c(S(=O)(=O)NNC(=O)c2c[nH]c3ccccc23)c(C)c1. The third-order valence-electron chi connectivity index (χ3n) is 4.01. The van der Waals surface area contributed by atoms with E-state index in [0.717, 1.165) is 16.5 Å². The van der Waals surface area contributed by atoms with Crippen molar-refractivity contribution in [1.82, 2.24) is 15.2 Å². The number of aryl methyl sites for hydroxylation is 3. The van der Waals surface area contributed by atoms with E-state index in [9.17, 15) is 13.2 Å². The number of nitrogens with one attached hydrogen (secondary N) is 3. The van der Waals surface area contributed by atoms with Crippen LogP contribution in [-0.4, -0.2) is 19.3 Å². The van der Waals surface area contributed by atoms with Gasteiger partial charge in [-0.25, -0.2) is 8.42 Å². The van der Waals surface area contributed by atoms with E-state index in [1.54, 1.807) is 38.2 Å². The molecular formula is C18H19N3O3S. The first-order valence-corrected chi connectivity index (χ1v) is 9.24. The van der Waals surface area contributed by atoms with Crippen molar-refractivity contribution >= 4 is 26.8 Å². The number of hydrazine groups is 1. The molecule has 0 bridgehead atoms. The van der Waals surface area contributed by atoms with Gasteiger partial charge >= 0.3 is 0 Å². The van der Waals surface area contributed by atoms with E-state index in [0.29, 0.717) is 16.7 Å². The van der Waals surface area contributed by atoms with Crippen LogP contribution in [0.4, 0.5) is 0 Å². The molecule has 1 aromatic heterocycles. The Labute approximate surface area is 146 Å². The quantitative estimate of drug-likeness (QED) is 0.627. The average Bonchev–Trinajstić information content (AvgIpc) is 2.95. The lowest BCUT2D eigenvalue weighted by atomic mass is 10.1. The van der Waals surface area contributed by atoms with Crippen LogP contribution < -0.4 is 10.3 Å². The fourth-order valence-electron chi connectivity index (χ4n) is 3.08. The topological polar surface area (TPSA) is 91.1 Å². The van der Waals surface area contributed by atoms with Crippen molar-refractivity contribution in [1.29, 1.82) is 0 Å². The maximum atomic E-state index is 12.6. The number of aromatic amines is 1. The number of hydrogen-bond donors (Lipinski definition) is 3. The van der Waals surface area contributed by atoms with E-state index in [1.165, 1.54) is 0 Å². The molecule has 25 heavy (non-hydrogen) atoms. The van der Waals surface area contributed by atoms with E-state index in [4.69, 9.17) is 0 Å². The van der Waals surface area contributed by atoms with Gasteiger partial charge in [0.05, 0.1) is 10.5 Å². The van der Waals surface area contributed by atoms with Crippen LogP contribution in [0.25, 0.3) is 10.9 Å². The van der Waals surface area contributed by atoms with E-state index < -0.39 is 15.9 Å². The Morgan fingerprint density at radius 3 is 2.36 bits per heavy atom. The molecule has 6 nitrogen and oxygen atoms in total. The summed E-state index contributed by atoms with van der Waals surface area (Å²) in [5.41, 5.74) is 5.71. The van der Waals surface area contributed by atoms with Crippen molar-refractivity contribution in [2.24, 2.45) is 0 Å². The number of aromatic nitrogens is 1. The van der Waals surface area contributed by atoms with Crippen LogP contribution in [0.2, 0.25) is 0 Å². The highest BCUT2D eigenvalue weighted by Gasteiger charge is 2.21. The Kier molecular flexibility index (Phi) is 4.36. The molecule has 0 fully saturated rings. The zero-order chi connectivity index (χ0) is 18.2. The first-order chi connectivity index (χ1) is 11.8. The fourth-order valence-corrected chi connectivity index (χ4v) is 4.38. The highest BCUT2D eigenvalue weighted by molar-refractivity contribution is 7.89. The predicted molar refractivity (Wildman–Crippen MR) is 96.7 cm³/mol. The highest BCUT2D eigenvalue weighted by Crippen LogP contribution is 2.21. The molecule has 3 rings (SSSR count). The molecule has 0 atom stereocenters. The molecule has 3 aromatic rings. The molecule has 0 saturated carbocycles. The summed E-state index contributed by atoms with van der Waals surface area (Å²) in [5.74, 6) is -0.525. The second-order valence-electron chi connectivity index (χ2n) is 6.04. The lowest BCUT2D eigenvalue weighted by molar-refractivity contribution is 0.0947. The molecule has 1 heterocycles. The Morgan fingerprint density at radius 2 is 1.68 bits per heavy atom. The van der Waals surface area contributed by atoms with E-state index in [1.807, 2.05) is 25.1 Å². The lowest BCUT2D eigenvalue weighted by Crippen LogP contribution is -2.42. The molecule has 0 aliphatic rings. The molecule has 0 aliphatic carbocycles. The van der Waals surface area contributed by atoms with Crippen molar-refractivity contribution in [2.75, 3.05) is 0 Å². The van der Waals surface area contributed by atoms with E-state index >= 15 is 0 Å². The van der Waals surface area contributed by atoms with Crippen LogP contribution in [0.1, 0.15) is 27.0 Å². The van der Waals surface area contributed by atoms with Gasteiger partial charge in [-0.05, 0) is 38.0 Å². The number of fused-ring (bicyclic) bond motifs is 1. The number of hydrogen-bond acceptors (Lipinski definition) is 3. The van der Waals surface area contributed by atoms with Crippen LogP contribution in [0, 0.1) is 20.8 Å². The van der Waals surface area contributed by atoms with Crippen LogP contribution in [0.15, 0.2) is 47.5 Å². The van der Waals surface area contributed by atoms with Crippen LogP contribution in [0.3, 0.4) is 0 Å². The van der Waals surface area contributed by atoms with Crippen LogP contribution in [-0.2, 0) is 10.0 Å². The van der Waals surface area contributed by atoms with Gasteiger partial charge in [0.1, 0.15) is 0 Å². The van der Waals surface area contributed by atoms with Crippen LogP contribution in [0.5, 0.6) is 0 Å². The van der Waals surface area contributed by atoms with Crippen molar-refractivity contribution < 1.29 is 13.2 Å². The molecule has 0 aliphatic heterocycles. The summed E-state index contributed by atoms with van der Waals surface area (Å²) in [6.07, 6.45) is 1.55. The van der Waals surface area contributed by atoms with E-state index in [2.05, 4.69) is 15.2 Å². The van der Waals surface area contributed by atoms with Gasteiger partial charge in [0.2, 0.25) is 0 Å². The monoisotopic (exact) mass is 357 g/mol. The van der Waals surface area contributed by atoms with Crippen molar-refractivity contribution in [3.63, 3.8) is 0 Å². The normalized spacial score (nSPS) is 11.6. The Morgan fingerprint density at radius 1 is 1.04 bits per heavy atom. The number of sulfonamides is 1. The molecule has 0 radical (unpaired) electrons. The summed E-state index contributed by atoms with van der Waals surface area (Å²) < 4.78 is 25.2. The Bertz CT molecular complexity index is 1050. The highest BCUT2D eigenvalue weighted by atomic mass is 32.2. The lowest BCUT2D eigenvalue weighted by Gasteiger charge is -2.13. The molecule has 0 spiro atoms. The summed E-state index contributed by atoms with van der Waals surface area (Å²) in [6.45, 7) is 5.37. The summed E-state index contributed by atoms with van der Waals surface area (Å²) in [6, 6.07) is 10.9. The number of amides is 1. The third kappa shape index (κ3) is 3.29. The molecule has 0 unspecified atom stereocenters. The summed E-state index contributed by atoms with van der Waals surface area (Å²) >= 11 is 0. The maximum absolute atomic E-state index is 12.6. The van der Waals surface area contributed by atoms with Gasteiger partial charge in [-0.2, -0.15) is 0 Å². The first kappa shape index (κ1) is 17.2. The van der Waals surface area contributed by atoms with Crippen molar-refractivity contribution in [3.8, 4) is 0 Å². The van der Waals surface area contributed by atoms with Gasteiger partial charge in [-0.15, -0.1) is 4.83 Å². The van der Waals surface area contributed by atoms with Gasteiger partial charge in [0.15, 0.2) is 0 Å². The first-order valence-electron chi connectivity index (χ1n) is 7.76. The van der Waals surface area contributed by atoms with Gasteiger partial charge < -0.3 is 4.98 Å². The second-order valence-corrected chi connectivity index (χ2v) is 7.65. The minimum Gasteiger partial charge on any atom is -0.360 e. The number of carbonyl (C=O) groups excluding carboxylic acids is 1. The third-order valence-corrected chi connectivity index (χ3v) is 5.56. The average molecular weight is 357 g/mol. The minimum atomic E-state index is -3.87. The maximum Gasteiger partial charge on any atom is 0.268 e. The van der Waals surface area contributed by atoms with E-state index in [-0.39, 0.29) is 4.90 Å².